The molecule has 20 heavy (non-hydrogen) atoms. The first kappa shape index (κ1) is 13.7. The van der Waals surface area contributed by atoms with Gasteiger partial charge in [0.15, 0.2) is 0 Å². The lowest BCUT2D eigenvalue weighted by Crippen LogP contribution is -2.39. The van der Waals surface area contributed by atoms with Crippen molar-refractivity contribution in [2.75, 3.05) is 27.2 Å². The molecule has 1 aromatic heterocycles. The first-order chi connectivity index (χ1) is 9.42. The van der Waals surface area contributed by atoms with Gasteiger partial charge in [0.1, 0.15) is 13.6 Å². The molecule has 0 aliphatic carbocycles. The van der Waals surface area contributed by atoms with Crippen LogP contribution in [0, 0.1) is 0 Å². The Balaban J connectivity index is 2.26. The van der Waals surface area contributed by atoms with Crippen LogP contribution in [-0.4, -0.2) is 60.7 Å². The molecule has 0 amide bonds. The quantitative estimate of drug-likeness (QED) is 0.728. The average Bonchev–Trinajstić information content (AvgIpc) is 2.67. The SMILES string of the molecule is [B]c1cc2c3c([nH]c2cc1OC)CCN(C)CC3([B])[B]. The van der Waals surface area contributed by atoms with Crippen molar-refractivity contribution < 1.29 is 4.74 Å². The van der Waals surface area contributed by atoms with Gasteiger partial charge in [0.2, 0.25) is 0 Å². The van der Waals surface area contributed by atoms with E-state index in [0.717, 1.165) is 35.1 Å². The van der Waals surface area contributed by atoms with Crippen molar-refractivity contribution in [3.8, 4) is 5.75 Å². The Kier molecular flexibility index (Phi) is 3.16. The van der Waals surface area contributed by atoms with Gasteiger partial charge in [-0.1, -0.05) is 16.7 Å². The van der Waals surface area contributed by atoms with Gasteiger partial charge < -0.3 is 14.6 Å². The van der Waals surface area contributed by atoms with Gasteiger partial charge >= 0.3 is 0 Å². The lowest BCUT2D eigenvalue weighted by molar-refractivity contribution is 0.337. The van der Waals surface area contributed by atoms with Crippen LogP contribution in [0.2, 0.25) is 0 Å². The highest BCUT2D eigenvalue weighted by molar-refractivity contribution is 6.42. The number of hydrogen-bond acceptors (Lipinski definition) is 2. The predicted molar refractivity (Wildman–Crippen MR) is 84.6 cm³/mol. The molecular weight excluding hydrogens is 245 g/mol. The van der Waals surface area contributed by atoms with E-state index in [0.29, 0.717) is 17.8 Å². The number of aromatic nitrogens is 1. The molecule has 0 saturated heterocycles. The maximum absolute atomic E-state index is 6.36. The highest BCUT2D eigenvalue weighted by Gasteiger charge is 2.30. The highest BCUT2D eigenvalue weighted by atomic mass is 16.5. The second-order valence-electron chi connectivity index (χ2n) is 5.65. The summed E-state index contributed by atoms with van der Waals surface area (Å²) in [5.41, 5.74) is 3.61. The average molecular weight is 260 g/mol. The highest BCUT2D eigenvalue weighted by Crippen LogP contribution is 2.34. The number of likely N-dealkylation sites (N-methyl/N-ethyl adjacent to an activating group) is 1. The standard InChI is InChI=1S/C14H15B3N2O/c1-19-4-3-10-13(14(16,17)7-19)8-5-9(15)12(20-2)6-11(8)18-10/h5-6,18H,3-4,7H2,1-2H3. The van der Waals surface area contributed by atoms with E-state index in [4.69, 9.17) is 28.3 Å². The Bertz CT molecular complexity index is 666. The second-order valence-corrected chi connectivity index (χ2v) is 5.65. The molecule has 6 radical (unpaired) electrons. The van der Waals surface area contributed by atoms with Gasteiger partial charge in [-0.05, 0) is 19.2 Å². The molecule has 1 aliphatic heterocycles. The molecule has 1 aromatic carbocycles. The fourth-order valence-corrected chi connectivity index (χ4v) is 3.10. The summed E-state index contributed by atoms with van der Waals surface area (Å²) in [6.45, 7) is 1.53. The second kappa shape index (κ2) is 4.62. The van der Waals surface area contributed by atoms with Gasteiger partial charge in [0.05, 0.1) is 22.8 Å². The number of hydrogen-bond donors (Lipinski definition) is 1. The van der Waals surface area contributed by atoms with Gasteiger partial charge in [-0.15, -0.1) is 0 Å². The monoisotopic (exact) mass is 260 g/mol. The van der Waals surface area contributed by atoms with E-state index in [1.54, 1.807) is 7.11 Å². The van der Waals surface area contributed by atoms with Crippen molar-refractivity contribution in [1.82, 2.24) is 9.88 Å². The zero-order chi connectivity index (χ0) is 14.5. The number of H-pyrrole nitrogens is 1. The molecule has 1 N–H and O–H groups in total. The first-order valence-electron chi connectivity index (χ1n) is 6.67. The molecule has 0 unspecified atom stereocenters. The number of aromatic amines is 1. The molecule has 6 heteroatoms. The minimum absolute atomic E-state index is 0.593. The Labute approximate surface area is 123 Å². The van der Waals surface area contributed by atoms with Crippen LogP contribution in [0.15, 0.2) is 12.1 Å². The van der Waals surface area contributed by atoms with Crippen LogP contribution in [0.25, 0.3) is 10.9 Å². The van der Waals surface area contributed by atoms with Gasteiger partial charge in [0.25, 0.3) is 0 Å². The maximum Gasteiger partial charge on any atom is 0.119 e. The summed E-state index contributed by atoms with van der Waals surface area (Å²) in [4.78, 5) is 5.56. The minimum atomic E-state index is -0.889. The molecule has 3 rings (SSSR count). The number of ether oxygens (including phenoxy) is 1. The van der Waals surface area contributed by atoms with Crippen molar-refractivity contribution in [2.24, 2.45) is 0 Å². The molecule has 0 fully saturated rings. The summed E-state index contributed by atoms with van der Waals surface area (Å²) in [7, 11) is 22.4. The van der Waals surface area contributed by atoms with Gasteiger partial charge in [0, 0.05) is 35.6 Å². The van der Waals surface area contributed by atoms with Gasteiger partial charge in [-0.3, -0.25) is 0 Å². The van der Waals surface area contributed by atoms with E-state index in [2.05, 4.69) is 9.88 Å². The lowest BCUT2D eigenvalue weighted by Gasteiger charge is -2.29. The van der Waals surface area contributed by atoms with E-state index >= 15 is 0 Å². The summed E-state index contributed by atoms with van der Waals surface area (Å²) >= 11 is 0. The van der Waals surface area contributed by atoms with Gasteiger partial charge in [-0.2, -0.15) is 0 Å². The normalized spacial score (nSPS) is 18.7. The Morgan fingerprint density at radius 2 is 2.10 bits per heavy atom. The number of nitrogens with zero attached hydrogens (tertiary/aromatic N) is 1. The number of rotatable bonds is 1. The molecule has 2 heterocycles. The summed E-state index contributed by atoms with van der Waals surface area (Å²) in [5.74, 6) is 0.658. The fourth-order valence-electron chi connectivity index (χ4n) is 3.10. The van der Waals surface area contributed by atoms with Crippen molar-refractivity contribution in [3.63, 3.8) is 0 Å². The van der Waals surface area contributed by atoms with E-state index in [1.165, 1.54) is 0 Å². The Hall–Kier alpha value is -1.29. The van der Waals surface area contributed by atoms with Crippen molar-refractivity contribution in [2.45, 2.75) is 11.6 Å². The summed E-state index contributed by atoms with van der Waals surface area (Å²) in [6.07, 6.45) is 0.888. The molecule has 0 saturated carbocycles. The van der Waals surface area contributed by atoms with E-state index < -0.39 is 5.21 Å². The molecule has 0 atom stereocenters. The predicted octanol–water partition coefficient (Wildman–Crippen LogP) is -0.0520. The molecule has 3 nitrogen and oxygen atoms in total. The minimum Gasteiger partial charge on any atom is -0.497 e. The molecule has 1 aliphatic rings. The molecular formula is C14H15B3N2O. The zero-order valence-electron chi connectivity index (χ0n) is 11.9. The van der Waals surface area contributed by atoms with Crippen LogP contribution in [-0.2, 0) is 11.6 Å². The number of nitrogens with one attached hydrogen (secondary N) is 1. The van der Waals surface area contributed by atoms with Crippen LogP contribution in [0.4, 0.5) is 0 Å². The van der Waals surface area contributed by atoms with Crippen LogP contribution in [0.5, 0.6) is 5.75 Å². The number of fused-ring (bicyclic) bond motifs is 3. The number of benzene rings is 1. The fraction of sp³-hybridized carbons (Fsp3) is 0.429. The lowest BCUT2D eigenvalue weighted by atomic mass is 9.50. The van der Waals surface area contributed by atoms with Gasteiger partial charge in [-0.25, -0.2) is 0 Å². The maximum atomic E-state index is 6.36. The largest absolute Gasteiger partial charge is 0.497 e. The van der Waals surface area contributed by atoms with Crippen LogP contribution in [0.1, 0.15) is 11.3 Å². The topological polar surface area (TPSA) is 28.3 Å². The summed E-state index contributed by atoms with van der Waals surface area (Å²) in [5, 5.41) is 0.0958. The first-order valence-corrected chi connectivity index (χ1v) is 6.67. The third kappa shape index (κ3) is 2.06. The van der Waals surface area contributed by atoms with Crippen molar-refractivity contribution >= 4 is 39.9 Å². The number of methoxy groups -OCH3 is 1. The smallest absolute Gasteiger partial charge is 0.119 e. The van der Waals surface area contributed by atoms with E-state index in [9.17, 15) is 0 Å². The summed E-state index contributed by atoms with van der Waals surface area (Å²) < 4.78 is 5.26. The van der Waals surface area contributed by atoms with Crippen molar-refractivity contribution in [1.29, 1.82) is 0 Å². The molecule has 0 bridgehead atoms. The van der Waals surface area contributed by atoms with E-state index in [-0.39, 0.29) is 0 Å². The Morgan fingerprint density at radius 3 is 2.80 bits per heavy atom. The van der Waals surface area contributed by atoms with Crippen LogP contribution >= 0.6 is 0 Å². The van der Waals surface area contributed by atoms with Crippen molar-refractivity contribution in [3.05, 3.63) is 23.4 Å². The molecule has 96 valence electrons. The van der Waals surface area contributed by atoms with Crippen LogP contribution < -0.4 is 10.2 Å². The zero-order valence-corrected chi connectivity index (χ0v) is 11.9. The Morgan fingerprint density at radius 1 is 1.35 bits per heavy atom. The van der Waals surface area contributed by atoms with Crippen LogP contribution in [0.3, 0.4) is 0 Å². The summed E-state index contributed by atoms with van der Waals surface area (Å²) in [6, 6.07) is 3.79. The molecule has 0 spiro atoms. The molecule has 2 aromatic rings. The third-order valence-corrected chi connectivity index (χ3v) is 3.97. The van der Waals surface area contributed by atoms with E-state index in [1.807, 2.05) is 19.2 Å². The third-order valence-electron chi connectivity index (χ3n) is 3.97.